The molecule has 0 bridgehead atoms. The normalized spacial score (nSPS) is 1.20. The van der Waals surface area contributed by atoms with Crippen molar-refractivity contribution >= 4 is 0 Å². The van der Waals surface area contributed by atoms with Crippen molar-refractivity contribution in [3.05, 3.63) is 0 Å². The van der Waals surface area contributed by atoms with Gasteiger partial charge in [0.1, 0.15) is 0 Å². The van der Waals surface area contributed by atoms with E-state index < -0.39 is 0 Å². The second-order valence-corrected chi connectivity index (χ2v) is 0. The average Bonchev–Trinajstić information content (AvgIpc) is 1.00. The van der Waals surface area contributed by atoms with Gasteiger partial charge in [-0.2, -0.15) is 0 Å². The van der Waals surface area contributed by atoms with E-state index in [0.29, 0.717) is 0 Å². The maximum Gasteiger partial charge on any atom is 0 e. The Morgan fingerprint density at radius 2 is 1.20 bits per heavy atom. The molecule has 0 atom stereocenters. The first-order valence-electron chi connectivity index (χ1n) is 0.236. The van der Waals surface area contributed by atoms with Crippen LogP contribution in [0.15, 0.2) is 0 Å². The van der Waals surface area contributed by atoms with Crippen LogP contribution < -0.4 is 0 Å². The molecule has 5 heavy (non-hydrogen) atoms. The predicted molar refractivity (Wildman–Crippen MR) is 0.686 cm³/mol. The fraction of sp³-hybridized carbons (Fsp3) is 0. The minimum Gasteiger partial charge on any atom is 0 e. The Bertz CT molecular complexity index is 11.6. The molecular weight excluding hydrogens is 498 g/mol. The third-order valence-corrected chi connectivity index (χ3v) is 0. The van der Waals surface area contributed by atoms with Crippen molar-refractivity contribution in [1.82, 2.24) is 0 Å². The minimum absolute atomic E-state index is 0. The van der Waals surface area contributed by atoms with Crippen molar-refractivity contribution in [1.29, 1.82) is 0 Å². The van der Waals surface area contributed by atoms with Crippen molar-refractivity contribution in [2.75, 3.05) is 0 Å². The summed E-state index contributed by atoms with van der Waals surface area (Å²) < 4.78 is 8.42. The molecule has 0 spiro atoms. The summed E-state index contributed by atoms with van der Waals surface area (Å²) in [5.74, 6) is 0. The van der Waals surface area contributed by atoms with Crippen LogP contribution in [0.4, 0.5) is 0 Å². The molecule has 0 aromatic heterocycles. The molecule has 0 N–H and O–H groups in total. The van der Waals surface area contributed by atoms with Crippen molar-refractivity contribution in [3.8, 4) is 0 Å². The first-order chi connectivity index (χ1) is 1.00. The molecule has 0 aliphatic rings. The second-order valence-electron chi connectivity index (χ2n) is 0. The summed E-state index contributed by atoms with van der Waals surface area (Å²) in [4.78, 5) is 0. The van der Waals surface area contributed by atoms with E-state index in [1.807, 2.05) is 0 Å². The zero-order valence-electron chi connectivity index (χ0n) is 2.17. The molecule has 0 rings (SSSR count). The van der Waals surface area contributed by atoms with Gasteiger partial charge in [0.25, 0.3) is 0 Å². The van der Waals surface area contributed by atoms with Crippen molar-refractivity contribution in [3.63, 3.8) is 0 Å². The Morgan fingerprint density at radius 1 is 1.20 bits per heavy atom. The van der Waals surface area contributed by atoms with Crippen LogP contribution in [0.3, 0.4) is 0 Å². The fourth-order valence-corrected chi connectivity index (χ4v) is 0. The molecule has 0 heterocycles. The number of hydrogen-bond acceptors (Lipinski definition) is 1. The summed E-state index contributed by atoms with van der Waals surface area (Å²) in [5.41, 5.74) is 0. The van der Waals surface area contributed by atoms with Crippen LogP contribution in [0.5, 0.6) is 0 Å². The topological polar surface area (TPSA) is 17.1 Å². The second kappa shape index (κ2) is 27.3. The van der Waals surface area contributed by atoms with Gasteiger partial charge in [-0.05, 0) is 0 Å². The van der Waals surface area contributed by atoms with Gasteiger partial charge in [0.15, 0.2) is 0 Å². The monoisotopic (exact) mass is 500 g/mol. The molecule has 0 aliphatic heterocycles. The van der Waals surface area contributed by atoms with Gasteiger partial charge in [-0.25, -0.2) is 0 Å². The van der Waals surface area contributed by atoms with Crippen LogP contribution in [0.25, 0.3) is 0 Å². The van der Waals surface area contributed by atoms with E-state index in [1.165, 1.54) is 0 Å². The Kier molecular flexibility index (Phi) is 132. The Hall–Kier alpha value is 3.15. The molecule has 0 saturated heterocycles. The summed E-state index contributed by atoms with van der Waals surface area (Å²) >= 11 is -0.0833. The van der Waals surface area contributed by atoms with Gasteiger partial charge in [-0.1, -0.05) is 0 Å². The van der Waals surface area contributed by atoms with Gasteiger partial charge in [-0.15, -0.1) is 0 Å². The van der Waals surface area contributed by atoms with Gasteiger partial charge in [-0.3, -0.25) is 0 Å². The van der Waals surface area contributed by atoms with Gasteiger partial charge < -0.3 is 0 Å². The molecule has 0 aliphatic carbocycles. The van der Waals surface area contributed by atoms with Gasteiger partial charge in [0.05, 0.1) is 0 Å². The number of hydrogen-bond donors (Lipinski definition) is 0. The molecule has 5 heteroatoms. The first kappa shape index (κ1) is 24.2. The molecular formula is IrOPrRuTi. The van der Waals surface area contributed by atoms with E-state index in [2.05, 4.69) is 0 Å². The van der Waals surface area contributed by atoms with Crippen LogP contribution in [0.1, 0.15) is 0 Å². The molecule has 0 amide bonds. The molecule has 1 nitrogen and oxygen atoms in total. The van der Waals surface area contributed by atoms with E-state index in [4.69, 9.17) is 0.995 Å². The average molecular weight is 498 g/mol. The fourth-order valence-electron chi connectivity index (χ4n) is 0. The van der Waals surface area contributed by atoms with Gasteiger partial charge in [0.2, 0.25) is 0 Å². The van der Waals surface area contributed by atoms with E-state index in [-0.39, 0.29) is 101 Å². The summed E-state index contributed by atoms with van der Waals surface area (Å²) in [6, 6.07) is 0. The largest absolute Gasteiger partial charge is 0 e. The third-order valence-electron chi connectivity index (χ3n) is 0. The van der Waals surface area contributed by atoms with Crippen molar-refractivity contribution in [2.24, 2.45) is 0 Å². The first-order valence-corrected chi connectivity index (χ1v) is 1.75. The maximum atomic E-state index is 8.42. The zero-order valence-corrected chi connectivity index (χ0v) is 11.6. The van der Waals surface area contributed by atoms with Crippen LogP contribution >= 0.6 is 0 Å². The summed E-state index contributed by atoms with van der Waals surface area (Å²) in [6.45, 7) is 0. The van der Waals surface area contributed by atoms with Crippen LogP contribution in [-0.4, -0.2) is 0 Å². The van der Waals surface area contributed by atoms with Gasteiger partial charge >= 0.3 is 40.3 Å². The molecule has 0 unspecified atom stereocenters. The molecule has 0 aromatic rings. The van der Waals surface area contributed by atoms with E-state index in [0.717, 1.165) is 0 Å². The van der Waals surface area contributed by atoms with Crippen molar-refractivity contribution in [2.45, 2.75) is 0 Å². The standard InChI is InChI=1S/Ir.O.Pr.Ru.Ti. The SMILES string of the molecule is [Ir].[O]=[Pr].[Ru].[Ti]. The number of rotatable bonds is 0. The molecule has 30 valence electrons. The van der Waals surface area contributed by atoms with Crippen LogP contribution in [-0.2, 0) is 62.3 Å². The van der Waals surface area contributed by atoms with Crippen molar-refractivity contribution < 1.29 is 102 Å². The Labute approximate surface area is 99.2 Å². The molecule has 0 aromatic carbocycles. The van der Waals surface area contributed by atoms with Crippen LogP contribution in [0.2, 0.25) is 0 Å². The van der Waals surface area contributed by atoms with Crippen LogP contribution in [0, 0.1) is 39.3 Å². The van der Waals surface area contributed by atoms with E-state index in [1.54, 1.807) is 0 Å². The van der Waals surface area contributed by atoms with E-state index in [9.17, 15) is 0 Å². The molecule has 1 radical (unpaired) electrons. The Morgan fingerprint density at radius 3 is 1.20 bits per heavy atom. The minimum atomic E-state index is -0.0833. The maximum absolute atomic E-state index is 8.42. The Balaban J connectivity index is -0.00000000167. The molecule has 0 saturated carbocycles. The zero-order chi connectivity index (χ0) is 2.00. The van der Waals surface area contributed by atoms with E-state index >= 15 is 0 Å². The smallest absolute Gasteiger partial charge is 0 e. The predicted octanol–water partition coefficient (Wildman–Crippen LogP) is -0.126. The summed E-state index contributed by atoms with van der Waals surface area (Å²) in [7, 11) is 0. The van der Waals surface area contributed by atoms with Gasteiger partial charge in [0, 0.05) is 61.3 Å². The molecule has 0 fully saturated rings. The third kappa shape index (κ3) is 19.1. The summed E-state index contributed by atoms with van der Waals surface area (Å²) in [6.07, 6.45) is 0. The summed E-state index contributed by atoms with van der Waals surface area (Å²) in [5, 5.41) is 0. The quantitative estimate of drug-likeness (QED) is 0.426.